The highest BCUT2D eigenvalue weighted by Crippen LogP contribution is 2.57. The summed E-state index contributed by atoms with van der Waals surface area (Å²) in [5.41, 5.74) is 0.251. The predicted molar refractivity (Wildman–Crippen MR) is 54.9 cm³/mol. The molecular formula is C12H17NO. The minimum atomic E-state index is 0.171. The zero-order chi connectivity index (χ0) is 9.92. The van der Waals surface area contributed by atoms with Gasteiger partial charge in [0.2, 0.25) is 0 Å². The minimum Gasteiger partial charge on any atom is -0.296 e. The molecule has 0 spiro atoms. The quantitative estimate of drug-likeness (QED) is 0.578. The van der Waals surface area contributed by atoms with Crippen LogP contribution in [0.4, 0.5) is 0 Å². The Morgan fingerprint density at radius 2 is 2.29 bits per heavy atom. The first-order valence-corrected chi connectivity index (χ1v) is 5.56. The van der Waals surface area contributed by atoms with Gasteiger partial charge in [0.25, 0.3) is 0 Å². The lowest BCUT2D eigenvalue weighted by atomic mass is 9.67. The van der Waals surface area contributed by atoms with Crippen molar-refractivity contribution in [2.45, 2.75) is 25.8 Å². The van der Waals surface area contributed by atoms with Gasteiger partial charge in [-0.1, -0.05) is 13.0 Å². The van der Waals surface area contributed by atoms with E-state index in [1.807, 2.05) is 6.08 Å². The molecule has 0 amide bonds. The molecule has 1 saturated carbocycles. The van der Waals surface area contributed by atoms with Gasteiger partial charge in [-0.3, -0.25) is 9.69 Å². The van der Waals surface area contributed by atoms with Crippen molar-refractivity contribution in [1.82, 2.24) is 4.90 Å². The molecule has 1 saturated heterocycles. The molecule has 76 valence electrons. The number of nitrogens with zero attached hydrogens (tertiary/aromatic N) is 1. The third-order valence-corrected chi connectivity index (χ3v) is 4.81. The van der Waals surface area contributed by atoms with Crippen LogP contribution in [-0.4, -0.2) is 30.3 Å². The van der Waals surface area contributed by atoms with E-state index in [1.165, 1.54) is 12.8 Å². The van der Waals surface area contributed by atoms with Crippen molar-refractivity contribution in [3.8, 4) is 0 Å². The van der Waals surface area contributed by atoms with Gasteiger partial charge in [0.05, 0.1) is 6.04 Å². The summed E-state index contributed by atoms with van der Waals surface area (Å²) in [5.74, 6) is 1.73. The maximum absolute atomic E-state index is 11.9. The van der Waals surface area contributed by atoms with Crippen LogP contribution in [-0.2, 0) is 4.79 Å². The number of likely N-dealkylation sites (N-methyl/N-ethyl adjacent to an activating group) is 1. The van der Waals surface area contributed by atoms with E-state index >= 15 is 0 Å². The summed E-state index contributed by atoms with van der Waals surface area (Å²) in [5, 5.41) is 0. The van der Waals surface area contributed by atoms with Gasteiger partial charge in [-0.15, -0.1) is 0 Å². The Bertz CT molecular complexity index is 322. The predicted octanol–water partition coefficient (Wildman–Crippen LogP) is 1.47. The second-order valence-corrected chi connectivity index (χ2v) is 5.35. The summed E-state index contributed by atoms with van der Waals surface area (Å²) in [6, 6.07) is 0.171. The molecule has 0 aromatic carbocycles. The molecule has 0 radical (unpaired) electrons. The average molecular weight is 191 g/mol. The normalized spacial score (nSPS) is 51.3. The van der Waals surface area contributed by atoms with Crippen LogP contribution in [0, 0.1) is 17.3 Å². The van der Waals surface area contributed by atoms with Crippen LogP contribution in [0.25, 0.3) is 0 Å². The van der Waals surface area contributed by atoms with Crippen LogP contribution >= 0.6 is 0 Å². The van der Waals surface area contributed by atoms with E-state index in [0.717, 1.165) is 12.5 Å². The first kappa shape index (κ1) is 8.66. The molecule has 3 aliphatic rings. The Morgan fingerprint density at radius 1 is 1.50 bits per heavy atom. The molecule has 0 aromatic rings. The maximum atomic E-state index is 11.9. The Kier molecular flexibility index (Phi) is 1.54. The highest BCUT2D eigenvalue weighted by Gasteiger charge is 2.59. The molecule has 0 bridgehead atoms. The molecule has 2 fully saturated rings. The van der Waals surface area contributed by atoms with E-state index in [2.05, 4.69) is 24.9 Å². The lowest BCUT2D eigenvalue weighted by molar-refractivity contribution is -0.122. The van der Waals surface area contributed by atoms with Gasteiger partial charge in [0.1, 0.15) is 0 Å². The van der Waals surface area contributed by atoms with Crippen molar-refractivity contribution in [3.05, 3.63) is 12.2 Å². The number of allylic oxidation sites excluding steroid dienone is 1. The molecule has 1 heterocycles. The first-order chi connectivity index (χ1) is 6.64. The van der Waals surface area contributed by atoms with E-state index in [0.29, 0.717) is 11.7 Å². The Balaban J connectivity index is 2.12. The second-order valence-electron chi connectivity index (χ2n) is 5.35. The number of rotatable bonds is 0. The number of hydrogen-bond acceptors (Lipinski definition) is 2. The minimum absolute atomic E-state index is 0.171. The topological polar surface area (TPSA) is 20.3 Å². The van der Waals surface area contributed by atoms with Crippen LogP contribution in [0.2, 0.25) is 0 Å². The van der Waals surface area contributed by atoms with Crippen LogP contribution in [0.3, 0.4) is 0 Å². The van der Waals surface area contributed by atoms with Crippen LogP contribution in [0.1, 0.15) is 19.8 Å². The summed E-state index contributed by atoms with van der Waals surface area (Å²) < 4.78 is 0. The van der Waals surface area contributed by atoms with Gasteiger partial charge >= 0.3 is 0 Å². The molecule has 2 nitrogen and oxygen atoms in total. The molecule has 4 atom stereocenters. The van der Waals surface area contributed by atoms with Crippen LogP contribution < -0.4 is 0 Å². The van der Waals surface area contributed by atoms with Crippen molar-refractivity contribution in [3.63, 3.8) is 0 Å². The van der Waals surface area contributed by atoms with Crippen molar-refractivity contribution < 1.29 is 4.79 Å². The fraction of sp³-hybridized carbons (Fsp3) is 0.750. The summed E-state index contributed by atoms with van der Waals surface area (Å²) >= 11 is 0. The third kappa shape index (κ3) is 0.789. The van der Waals surface area contributed by atoms with E-state index in [1.54, 1.807) is 0 Å². The summed E-state index contributed by atoms with van der Waals surface area (Å²) in [6.45, 7) is 3.44. The number of hydrogen-bond donors (Lipinski definition) is 0. The second kappa shape index (κ2) is 2.48. The number of likely N-dealkylation sites (tertiary alicyclic amines) is 1. The van der Waals surface area contributed by atoms with Gasteiger partial charge in [-0.25, -0.2) is 0 Å². The first-order valence-electron chi connectivity index (χ1n) is 5.56. The Labute approximate surface area is 85.0 Å². The average Bonchev–Trinajstić information content (AvgIpc) is 2.55. The van der Waals surface area contributed by atoms with E-state index in [-0.39, 0.29) is 11.5 Å². The molecule has 0 aromatic heterocycles. The maximum Gasteiger partial charge on any atom is 0.173 e. The monoisotopic (exact) mass is 191 g/mol. The smallest absolute Gasteiger partial charge is 0.173 e. The Hall–Kier alpha value is -0.630. The Morgan fingerprint density at radius 3 is 3.07 bits per heavy atom. The zero-order valence-electron chi connectivity index (χ0n) is 8.86. The molecule has 1 aliphatic heterocycles. The summed E-state index contributed by atoms with van der Waals surface area (Å²) in [4.78, 5) is 14.1. The van der Waals surface area contributed by atoms with Crippen molar-refractivity contribution in [1.29, 1.82) is 0 Å². The number of carbonyl (C=O) groups is 1. The number of ketones is 1. The van der Waals surface area contributed by atoms with Gasteiger partial charge in [-0.05, 0) is 37.8 Å². The van der Waals surface area contributed by atoms with Gasteiger partial charge < -0.3 is 0 Å². The molecular weight excluding hydrogens is 174 g/mol. The van der Waals surface area contributed by atoms with Crippen LogP contribution in [0.5, 0.6) is 0 Å². The number of carbonyl (C=O) groups excluding carboxylic acids is 1. The highest BCUT2D eigenvalue weighted by molar-refractivity contribution is 5.96. The fourth-order valence-electron chi connectivity index (χ4n) is 4.08. The van der Waals surface area contributed by atoms with Crippen molar-refractivity contribution >= 4 is 5.78 Å². The zero-order valence-corrected chi connectivity index (χ0v) is 8.86. The largest absolute Gasteiger partial charge is 0.296 e. The fourth-order valence-corrected chi connectivity index (χ4v) is 4.08. The lowest BCUT2D eigenvalue weighted by Crippen LogP contribution is -2.47. The molecule has 0 unspecified atom stereocenters. The standard InChI is InChI=1S/C12H17NO/c1-12-8-3-4-9(12)7-13(2)11(12)10(14)6-5-8/h5-6,8-9,11H,3-4,7H2,1-2H3/t8-,9+,11+,12+/m0/s1. The molecule has 0 N–H and O–H groups in total. The van der Waals surface area contributed by atoms with E-state index in [9.17, 15) is 4.79 Å². The molecule has 3 rings (SSSR count). The SMILES string of the molecule is CN1C[C@H]2CC[C@H]3C=CC(=O)[C@@H]1[C@@]23C. The van der Waals surface area contributed by atoms with Gasteiger partial charge in [0, 0.05) is 12.0 Å². The van der Waals surface area contributed by atoms with Gasteiger partial charge in [-0.2, -0.15) is 0 Å². The molecule has 2 aliphatic carbocycles. The molecule has 14 heavy (non-hydrogen) atoms. The van der Waals surface area contributed by atoms with Crippen molar-refractivity contribution in [2.75, 3.05) is 13.6 Å². The summed E-state index contributed by atoms with van der Waals surface area (Å²) in [6.07, 6.45) is 6.58. The van der Waals surface area contributed by atoms with E-state index < -0.39 is 0 Å². The highest BCUT2D eigenvalue weighted by atomic mass is 16.1. The van der Waals surface area contributed by atoms with Crippen LogP contribution in [0.15, 0.2) is 12.2 Å². The summed E-state index contributed by atoms with van der Waals surface area (Å²) in [7, 11) is 2.10. The van der Waals surface area contributed by atoms with Crippen molar-refractivity contribution in [2.24, 2.45) is 17.3 Å². The molecule has 2 heteroatoms. The van der Waals surface area contributed by atoms with Gasteiger partial charge in [0.15, 0.2) is 5.78 Å². The lowest BCUT2D eigenvalue weighted by Gasteiger charge is -2.38. The third-order valence-electron chi connectivity index (χ3n) is 4.81. The van der Waals surface area contributed by atoms with E-state index in [4.69, 9.17) is 0 Å².